The molecular weight excluding hydrogens is 602 g/mol. The highest BCUT2D eigenvalue weighted by Gasteiger charge is 2.46. The molecule has 3 aromatic rings. The zero-order valence-electron chi connectivity index (χ0n) is 26.2. The molecule has 1 fully saturated rings. The third kappa shape index (κ3) is 8.77. The van der Waals surface area contributed by atoms with Crippen LogP contribution in [0.2, 0.25) is 0 Å². The number of carbonyl (C=O) groups is 2. The maximum absolute atomic E-state index is 13.7. The van der Waals surface area contributed by atoms with Gasteiger partial charge in [-0.25, -0.2) is 19.7 Å². The molecule has 3 amide bonds. The molecule has 252 valence electrons. The van der Waals surface area contributed by atoms with Gasteiger partial charge >= 0.3 is 6.03 Å². The molecule has 0 radical (unpaired) electrons. The molecule has 1 aliphatic rings. The number of fused-ring (bicyclic) bond motifs is 1. The summed E-state index contributed by atoms with van der Waals surface area (Å²) in [4.78, 5) is 41.2. The number of amides is 3. The van der Waals surface area contributed by atoms with Crippen molar-refractivity contribution in [2.75, 3.05) is 72.2 Å². The van der Waals surface area contributed by atoms with Crippen LogP contribution in [-0.4, -0.2) is 133 Å². The minimum Gasteiger partial charge on any atom is -0.497 e. The molecule has 46 heavy (non-hydrogen) atoms. The lowest BCUT2D eigenvalue weighted by Gasteiger charge is -2.25. The van der Waals surface area contributed by atoms with E-state index < -0.39 is 49.1 Å². The van der Waals surface area contributed by atoms with Crippen molar-refractivity contribution < 1.29 is 38.7 Å². The van der Waals surface area contributed by atoms with Gasteiger partial charge in [0, 0.05) is 33.6 Å². The minimum absolute atomic E-state index is 0.130. The number of imidazole rings is 1. The zero-order chi connectivity index (χ0) is 33.1. The van der Waals surface area contributed by atoms with Crippen molar-refractivity contribution in [3.8, 4) is 5.75 Å². The Kier molecular flexibility index (Phi) is 12.8. The Morgan fingerprint density at radius 2 is 1.85 bits per heavy atom. The van der Waals surface area contributed by atoms with Gasteiger partial charge in [0.25, 0.3) is 0 Å². The third-order valence-corrected chi connectivity index (χ3v) is 7.29. The van der Waals surface area contributed by atoms with Gasteiger partial charge < -0.3 is 55.7 Å². The number of rotatable bonds is 17. The minimum atomic E-state index is -1.29. The van der Waals surface area contributed by atoms with E-state index in [-0.39, 0.29) is 19.6 Å². The Labute approximate surface area is 266 Å². The van der Waals surface area contributed by atoms with Crippen molar-refractivity contribution in [3.05, 3.63) is 42.5 Å². The summed E-state index contributed by atoms with van der Waals surface area (Å²) >= 11 is 0. The highest BCUT2D eigenvalue weighted by atomic mass is 16.5. The van der Waals surface area contributed by atoms with Crippen LogP contribution >= 0.6 is 0 Å². The summed E-state index contributed by atoms with van der Waals surface area (Å²) in [6.07, 6.45) is -0.297. The average molecular weight is 646 g/mol. The Balaban J connectivity index is 1.44. The van der Waals surface area contributed by atoms with Gasteiger partial charge in [0.1, 0.15) is 30.3 Å². The smallest absolute Gasteiger partial charge is 0.315 e. The van der Waals surface area contributed by atoms with Crippen molar-refractivity contribution >= 4 is 28.9 Å². The lowest BCUT2D eigenvalue weighted by Crippen LogP contribution is -2.57. The molecule has 0 saturated carbocycles. The molecule has 1 saturated heterocycles. The summed E-state index contributed by atoms with van der Waals surface area (Å²) in [6.45, 7) is 1.56. The number of aromatic nitrogens is 4. The van der Waals surface area contributed by atoms with Gasteiger partial charge in [0.2, 0.25) is 5.91 Å². The Bertz CT molecular complexity index is 1410. The second-order valence-corrected chi connectivity index (χ2v) is 10.7. The molecule has 7 N–H and O–H groups in total. The number of nitrogens with two attached hydrogens (primary N) is 1. The molecule has 1 aliphatic heterocycles. The van der Waals surface area contributed by atoms with Gasteiger partial charge in [-0.2, -0.15) is 0 Å². The molecule has 0 spiro atoms. The van der Waals surface area contributed by atoms with E-state index in [0.29, 0.717) is 49.1 Å². The van der Waals surface area contributed by atoms with Crippen LogP contribution in [-0.2, 0) is 25.4 Å². The fourth-order valence-corrected chi connectivity index (χ4v) is 4.98. The Morgan fingerprint density at radius 3 is 2.52 bits per heavy atom. The summed E-state index contributed by atoms with van der Waals surface area (Å²) < 4.78 is 23.4. The normalized spacial score (nSPS) is 20.0. The fraction of sp³-hybridized carbons (Fsp3) is 0.552. The largest absolute Gasteiger partial charge is 0.497 e. The number of carbonyl (C=O) groups excluding carboxylic acids is 2. The van der Waals surface area contributed by atoms with Crippen molar-refractivity contribution in [1.82, 2.24) is 35.5 Å². The number of ether oxygens (including phenoxy) is 4. The summed E-state index contributed by atoms with van der Waals surface area (Å²) in [5.41, 5.74) is 7.04. The van der Waals surface area contributed by atoms with Crippen LogP contribution in [0.15, 0.2) is 36.9 Å². The van der Waals surface area contributed by atoms with Gasteiger partial charge in [-0.1, -0.05) is 12.1 Å². The fourth-order valence-electron chi connectivity index (χ4n) is 4.98. The first-order chi connectivity index (χ1) is 22.3. The SMILES string of the molecule is COc1ccc(C[C@H](NC(=O)NCCOCCOCCN)C(=O)N[C@H]2[C@@H](O)[C@H](n3cnc4c(N(C)C)ncnc43)O[C@@H]2CO)cc1. The number of methoxy groups -OCH3 is 1. The number of aliphatic hydroxyl groups is 2. The summed E-state index contributed by atoms with van der Waals surface area (Å²) in [7, 11) is 5.19. The highest BCUT2D eigenvalue weighted by molar-refractivity contribution is 5.87. The topological polar surface area (TPSA) is 220 Å². The number of nitrogens with one attached hydrogen (secondary N) is 3. The average Bonchev–Trinajstić information content (AvgIpc) is 3.62. The van der Waals surface area contributed by atoms with Crippen molar-refractivity contribution in [3.63, 3.8) is 0 Å². The number of anilines is 1. The molecule has 5 atom stereocenters. The van der Waals surface area contributed by atoms with Gasteiger partial charge in [-0.15, -0.1) is 0 Å². The van der Waals surface area contributed by atoms with Gasteiger partial charge in [0.15, 0.2) is 23.2 Å². The molecule has 0 bridgehead atoms. The van der Waals surface area contributed by atoms with E-state index in [9.17, 15) is 19.8 Å². The number of hydrogen-bond donors (Lipinski definition) is 6. The van der Waals surface area contributed by atoms with Crippen molar-refractivity contribution in [2.45, 2.75) is 36.9 Å². The van der Waals surface area contributed by atoms with E-state index in [1.54, 1.807) is 36.3 Å². The van der Waals surface area contributed by atoms with Crippen LogP contribution < -0.4 is 31.3 Å². The molecule has 0 aliphatic carbocycles. The van der Waals surface area contributed by atoms with Crippen LogP contribution in [0.3, 0.4) is 0 Å². The molecule has 1 aromatic carbocycles. The Morgan fingerprint density at radius 1 is 1.11 bits per heavy atom. The highest BCUT2D eigenvalue weighted by Crippen LogP contribution is 2.32. The molecule has 4 rings (SSSR count). The number of hydrogen-bond acceptors (Lipinski definition) is 13. The third-order valence-electron chi connectivity index (χ3n) is 7.29. The molecule has 3 heterocycles. The van der Waals surface area contributed by atoms with E-state index in [4.69, 9.17) is 24.7 Å². The van der Waals surface area contributed by atoms with E-state index in [1.807, 2.05) is 14.1 Å². The Hall–Kier alpha value is -4.13. The summed E-state index contributed by atoms with van der Waals surface area (Å²) in [6, 6.07) is 4.42. The second kappa shape index (κ2) is 17.0. The first kappa shape index (κ1) is 34.7. The molecule has 17 heteroatoms. The van der Waals surface area contributed by atoms with Gasteiger partial charge in [-0.3, -0.25) is 9.36 Å². The lowest BCUT2D eigenvalue weighted by molar-refractivity contribution is -0.124. The molecule has 2 aromatic heterocycles. The van der Waals surface area contributed by atoms with Gasteiger partial charge in [-0.05, 0) is 17.7 Å². The van der Waals surface area contributed by atoms with Crippen LogP contribution in [0.4, 0.5) is 10.6 Å². The molecule has 0 unspecified atom stereocenters. The van der Waals surface area contributed by atoms with Crippen LogP contribution in [0, 0.1) is 0 Å². The summed E-state index contributed by atoms with van der Waals surface area (Å²) in [5, 5.41) is 29.6. The van der Waals surface area contributed by atoms with Gasteiger partial charge in [0.05, 0.1) is 52.5 Å². The molecule has 17 nitrogen and oxygen atoms in total. The monoisotopic (exact) mass is 645 g/mol. The maximum atomic E-state index is 13.7. The first-order valence-corrected chi connectivity index (χ1v) is 14.9. The lowest BCUT2D eigenvalue weighted by atomic mass is 10.0. The predicted octanol–water partition coefficient (Wildman–Crippen LogP) is -1.46. The maximum Gasteiger partial charge on any atom is 0.315 e. The zero-order valence-corrected chi connectivity index (χ0v) is 26.2. The first-order valence-electron chi connectivity index (χ1n) is 14.9. The van der Waals surface area contributed by atoms with E-state index in [1.165, 1.54) is 17.2 Å². The number of urea groups is 1. The van der Waals surface area contributed by atoms with E-state index in [0.717, 1.165) is 5.56 Å². The predicted molar refractivity (Wildman–Crippen MR) is 166 cm³/mol. The number of aliphatic hydroxyl groups excluding tert-OH is 2. The van der Waals surface area contributed by atoms with E-state index >= 15 is 0 Å². The van der Waals surface area contributed by atoms with Crippen molar-refractivity contribution in [1.29, 1.82) is 0 Å². The quantitative estimate of drug-likeness (QED) is 0.0926. The standard InChI is InChI=1S/C29H43N9O8/c1-37(2)25-23-26(33-16-32-25)38(17-34-23)28-24(40)22(21(15-39)46-28)36-27(41)20(14-18-4-6-19(43-3)7-5-18)35-29(42)31-9-11-45-13-12-44-10-8-30/h4-7,16-17,20-22,24,28,39-40H,8-15,30H2,1-3H3,(H,36,41)(H2,31,35,42)/t20-,21+,22+,24+,28+/m0/s1. The number of benzene rings is 1. The molecular formula is C29H43N9O8. The van der Waals surface area contributed by atoms with Crippen LogP contribution in [0.1, 0.15) is 11.8 Å². The second-order valence-electron chi connectivity index (χ2n) is 10.7. The summed E-state index contributed by atoms with van der Waals surface area (Å²) in [5.74, 6) is 0.634. The van der Waals surface area contributed by atoms with E-state index in [2.05, 4.69) is 30.9 Å². The number of nitrogens with zero attached hydrogens (tertiary/aromatic N) is 5. The van der Waals surface area contributed by atoms with Crippen LogP contribution in [0.5, 0.6) is 5.75 Å². The van der Waals surface area contributed by atoms with Crippen LogP contribution in [0.25, 0.3) is 11.2 Å². The van der Waals surface area contributed by atoms with Crippen molar-refractivity contribution in [2.24, 2.45) is 5.73 Å².